The summed E-state index contributed by atoms with van der Waals surface area (Å²) in [7, 11) is 0. The molecule has 4 rings (SSSR count). The van der Waals surface area contributed by atoms with Gasteiger partial charge in [0.2, 0.25) is 5.95 Å². The minimum Gasteiger partial charge on any atom is -0.379 e. The van der Waals surface area contributed by atoms with E-state index >= 15 is 0 Å². The summed E-state index contributed by atoms with van der Waals surface area (Å²) in [6.07, 6.45) is 1.87. The number of piperazine rings is 1. The Balaban J connectivity index is 1.33. The van der Waals surface area contributed by atoms with Crippen molar-refractivity contribution in [2.24, 2.45) is 0 Å². The number of nitrogens with zero attached hydrogens (tertiary/aromatic N) is 5. The Morgan fingerprint density at radius 1 is 0.963 bits per heavy atom. The highest BCUT2D eigenvalue weighted by Crippen LogP contribution is 2.19. The van der Waals surface area contributed by atoms with Crippen molar-refractivity contribution >= 4 is 5.95 Å². The van der Waals surface area contributed by atoms with Gasteiger partial charge in [-0.15, -0.1) is 0 Å². The summed E-state index contributed by atoms with van der Waals surface area (Å²) >= 11 is 0. The molecular weight excluding hydrogens is 338 g/mol. The van der Waals surface area contributed by atoms with Crippen LogP contribution in [0.3, 0.4) is 0 Å². The first-order valence-electron chi connectivity index (χ1n) is 9.97. The maximum absolute atomic E-state index is 5.47. The molecule has 1 aromatic heterocycles. The first kappa shape index (κ1) is 18.3. The highest BCUT2D eigenvalue weighted by Gasteiger charge is 2.23. The number of rotatable bonds is 5. The largest absolute Gasteiger partial charge is 0.379 e. The fourth-order valence-electron chi connectivity index (χ4n) is 3.91. The van der Waals surface area contributed by atoms with Crippen molar-refractivity contribution < 1.29 is 4.74 Å². The molecule has 144 valence electrons. The van der Waals surface area contributed by atoms with Crippen molar-refractivity contribution in [3.63, 3.8) is 0 Å². The van der Waals surface area contributed by atoms with Gasteiger partial charge in [-0.25, -0.2) is 9.97 Å². The number of hydrogen-bond acceptors (Lipinski definition) is 6. The standard InChI is InChI=1S/C21H29N5O/c1-18(25-13-15-27-16-14-25)17-24-9-11-26(12-10-24)21-22-8-7-20(23-21)19-5-3-2-4-6-19/h2-8,18H,9-17H2,1H3. The van der Waals surface area contributed by atoms with Crippen LogP contribution in [0.4, 0.5) is 5.95 Å². The van der Waals surface area contributed by atoms with Crippen molar-refractivity contribution in [2.45, 2.75) is 13.0 Å². The Bertz CT molecular complexity index is 712. The Kier molecular flexibility index (Phi) is 5.97. The van der Waals surface area contributed by atoms with Crippen LogP contribution in [0.1, 0.15) is 6.92 Å². The van der Waals surface area contributed by atoms with E-state index in [0.717, 1.165) is 76.2 Å². The second-order valence-corrected chi connectivity index (χ2v) is 7.39. The lowest BCUT2D eigenvalue weighted by atomic mass is 10.1. The lowest BCUT2D eigenvalue weighted by Gasteiger charge is -2.39. The third-order valence-corrected chi connectivity index (χ3v) is 5.56. The molecule has 0 aliphatic carbocycles. The van der Waals surface area contributed by atoms with Gasteiger partial charge in [0.05, 0.1) is 18.9 Å². The van der Waals surface area contributed by atoms with Gasteiger partial charge in [0.25, 0.3) is 0 Å². The van der Waals surface area contributed by atoms with Crippen LogP contribution in [0.2, 0.25) is 0 Å². The highest BCUT2D eigenvalue weighted by atomic mass is 16.5. The van der Waals surface area contributed by atoms with Gasteiger partial charge in [0.1, 0.15) is 0 Å². The smallest absolute Gasteiger partial charge is 0.225 e. The average molecular weight is 367 g/mol. The van der Waals surface area contributed by atoms with Crippen LogP contribution in [-0.4, -0.2) is 84.8 Å². The molecule has 0 spiro atoms. The van der Waals surface area contributed by atoms with E-state index in [1.54, 1.807) is 0 Å². The molecule has 0 amide bonds. The van der Waals surface area contributed by atoms with E-state index in [-0.39, 0.29) is 0 Å². The number of benzene rings is 1. The van der Waals surface area contributed by atoms with Gasteiger partial charge in [0, 0.05) is 63.6 Å². The van der Waals surface area contributed by atoms with Gasteiger partial charge >= 0.3 is 0 Å². The van der Waals surface area contributed by atoms with Crippen LogP contribution >= 0.6 is 0 Å². The molecule has 2 fully saturated rings. The molecule has 1 atom stereocenters. The summed E-state index contributed by atoms with van der Waals surface area (Å²) < 4.78 is 5.47. The Morgan fingerprint density at radius 3 is 2.44 bits per heavy atom. The molecule has 6 nitrogen and oxygen atoms in total. The number of hydrogen-bond donors (Lipinski definition) is 0. The number of aromatic nitrogens is 2. The molecule has 2 saturated heterocycles. The minimum atomic E-state index is 0.582. The van der Waals surface area contributed by atoms with Crippen molar-refractivity contribution in [1.82, 2.24) is 19.8 Å². The first-order valence-corrected chi connectivity index (χ1v) is 9.97. The van der Waals surface area contributed by atoms with E-state index < -0.39 is 0 Å². The van der Waals surface area contributed by atoms with Crippen LogP contribution < -0.4 is 4.90 Å². The van der Waals surface area contributed by atoms with Gasteiger partial charge in [-0.3, -0.25) is 9.80 Å². The number of anilines is 1. The molecule has 0 N–H and O–H groups in total. The van der Waals surface area contributed by atoms with Gasteiger partial charge < -0.3 is 9.64 Å². The predicted molar refractivity (Wildman–Crippen MR) is 108 cm³/mol. The summed E-state index contributed by atoms with van der Waals surface area (Å²) in [5, 5.41) is 0. The maximum Gasteiger partial charge on any atom is 0.225 e. The molecule has 1 aromatic carbocycles. The lowest BCUT2D eigenvalue weighted by molar-refractivity contribution is 0.0121. The predicted octanol–water partition coefficient (Wildman–Crippen LogP) is 1.99. The number of ether oxygens (including phenoxy) is 1. The van der Waals surface area contributed by atoms with Crippen molar-refractivity contribution in [3.05, 3.63) is 42.6 Å². The molecule has 1 unspecified atom stereocenters. The lowest BCUT2D eigenvalue weighted by Crippen LogP contribution is -2.52. The van der Waals surface area contributed by atoms with Crippen molar-refractivity contribution in [2.75, 3.05) is 63.9 Å². The molecule has 6 heteroatoms. The maximum atomic E-state index is 5.47. The van der Waals surface area contributed by atoms with Crippen LogP contribution in [-0.2, 0) is 4.74 Å². The molecule has 2 aliphatic heterocycles. The quantitative estimate of drug-likeness (QED) is 0.805. The van der Waals surface area contributed by atoms with Crippen LogP contribution in [0, 0.1) is 0 Å². The molecule has 0 bridgehead atoms. The van der Waals surface area contributed by atoms with E-state index in [2.05, 4.69) is 38.7 Å². The average Bonchev–Trinajstić information content (AvgIpc) is 2.75. The van der Waals surface area contributed by atoms with Gasteiger partial charge in [-0.05, 0) is 13.0 Å². The zero-order valence-electron chi connectivity index (χ0n) is 16.1. The third kappa shape index (κ3) is 4.64. The summed E-state index contributed by atoms with van der Waals surface area (Å²) in [6.45, 7) is 11.4. The summed E-state index contributed by atoms with van der Waals surface area (Å²) in [5.41, 5.74) is 2.13. The van der Waals surface area contributed by atoms with Gasteiger partial charge in [0.15, 0.2) is 0 Å². The van der Waals surface area contributed by atoms with E-state index in [1.165, 1.54) is 0 Å². The SMILES string of the molecule is CC(CN1CCN(c2nccc(-c3ccccc3)n2)CC1)N1CCOCC1. The Hall–Kier alpha value is -2.02. The normalized spacial score (nSPS) is 20.6. The number of morpholine rings is 1. The minimum absolute atomic E-state index is 0.582. The molecule has 27 heavy (non-hydrogen) atoms. The third-order valence-electron chi connectivity index (χ3n) is 5.56. The topological polar surface area (TPSA) is 44.7 Å². The van der Waals surface area contributed by atoms with Crippen LogP contribution in [0.5, 0.6) is 0 Å². The van der Waals surface area contributed by atoms with Crippen LogP contribution in [0.15, 0.2) is 42.6 Å². The Labute approximate surface area is 161 Å². The summed E-state index contributed by atoms with van der Waals surface area (Å²) in [5.74, 6) is 0.845. The van der Waals surface area contributed by atoms with E-state index in [1.807, 2.05) is 30.5 Å². The fraction of sp³-hybridized carbons (Fsp3) is 0.524. The molecule has 0 saturated carbocycles. The zero-order chi connectivity index (χ0) is 18.5. The highest BCUT2D eigenvalue weighted by molar-refractivity contribution is 5.59. The van der Waals surface area contributed by atoms with Crippen molar-refractivity contribution in [1.29, 1.82) is 0 Å². The van der Waals surface area contributed by atoms with Gasteiger partial charge in [-0.2, -0.15) is 0 Å². The molecule has 0 radical (unpaired) electrons. The second kappa shape index (κ2) is 8.78. The molecule has 3 heterocycles. The second-order valence-electron chi connectivity index (χ2n) is 7.39. The first-order chi connectivity index (χ1) is 13.3. The fourth-order valence-corrected chi connectivity index (χ4v) is 3.91. The van der Waals surface area contributed by atoms with Crippen LogP contribution in [0.25, 0.3) is 11.3 Å². The summed E-state index contributed by atoms with van der Waals surface area (Å²) in [4.78, 5) is 16.7. The van der Waals surface area contributed by atoms with E-state index in [9.17, 15) is 0 Å². The summed E-state index contributed by atoms with van der Waals surface area (Å²) in [6, 6.07) is 12.9. The van der Waals surface area contributed by atoms with E-state index in [0.29, 0.717) is 6.04 Å². The monoisotopic (exact) mass is 367 g/mol. The van der Waals surface area contributed by atoms with E-state index in [4.69, 9.17) is 9.72 Å². The van der Waals surface area contributed by atoms with Crippen molar-refractivity contribution in [3.8, 4) is 11.3 Å². The van der Waals surface area contributed by atoms with Gasteiger partial charge in [-0.1, -0.05) is 30.3 Å². The zero-order valence-corrected chi connectivity index (χ0v) is 16.1. The Morgan fingerprint density at radius 2 is 1.70 bits per heavy atom. The molecule has 2 aliphatic rings. The molecule has 2 aromatic rings. The molecular formula is C21H29N5O.